The number of aromatic nitrogens is 2. The number of nitrogens with zero attached hydrogens (tertiary/aromatic N) is 3. The van der Waals surface area contributed by atoms with Gasteiger partial charge in [-0.1, -0.05) is 12.8 Å². The van der Waals surface area contributed by atoms with E-state index in [2.05, 4.69) is 27.6 Å². The SMILES string of the molecule is CN(CCNC(=O)c1cn2c(n1)NCCC2)C1CCCC1. The van der Waals surface area contributed by atoms with E-state index >= 15 is 0 Å². The Balaban J connectivity index is 1.46. The molecule has 0 spiro atoms. The zero-order valence-electron chi connectivity index (χ0n) is 12.8. The normalized spacial score (nSPS) is 18.6. The summed E-state index contributed by atoms with van der Waals surface area (Å²) in [6, 6.07) is 0.700. The van der Waals surface area contributed by atoms with Crippen molar-refractivity contribution in [1.29, 1.82) is 0 Å². The Morgan fingerprint density at radius 2 is 2.29 bits per heavy atom. The second kappa shape index (κ2) is 6.47. The molecule has 6 nitrogen and oxygen atoms in total. The van der Waals surface area contributed by atoms with Gasteiger partial charge in [0.05, 0.1) is 0 Å². The van der Waals surface area contributed by atoms with Gasteiger partial charge in [0.1, 0.15) is 5.69 Å². The average Bonchev–Trinajstić information content (AvgIpc) is 3.16. The second-order valence-electron chi connectivity index (χ2n) is 6.10. The van der Waals surface area contributed by atoms with Crippen LogP contribution >= 0.6 is 0 Å². The quantitative estimate of drug-likeness (QED) is 0.858. The number of imidazole rings is 1. The maximum atomic E-state index is 12.1. The summed E-state index contributed by atoms with van der Waals surface area (Å²) in [5.74, 6) is 0.744. The van der Waals surface area contributed by atoms with Gasteiger partial charge in [-0.3, -0.25) is 4.79 Å². The number of anilines is 1. The lowest BCUT2D eigenvalue weighted by Crippen LogP contribution is -2.37. The maximum absolute atomic E-state index is 12.1. The number of aryl methyl sites for hydroxylation is 1. The van der Waals surface area contributed by atoms with E-state index < -0.39 is 0 Å². The molecule has 0 radical (unpaired) electrons. The Morgan fingerprint density at radius 1 is 1.48 bits per heavy atom. The van der Waals surface area contributed by atoms with Crippen molar-refractivity contribution in [3.05, 3.63) is 11.9 Å². The molecule has 21 heavy (non-hydrogen) atoms. The third kappa shape index (κ3) is 3.37. The highest BCUT2D eigenvalue weighted by atomic mass is 16.1. The van der Waals surface area contributed by atoms with Crippen molar-refractivity contribution in [2.24, 2.45) is 0 Å². The fraction of sp³-hybridized carbons (Fsp3) is 0.733. The molecule has 1 aromatic rings. The minimum absolute atomic E-state index is 0.0708. The van der Waals surface area contributed by atoms with Gasteiger partial charge >= 0.3 is 0 Å². The van der Waals surface area contributed by atoms with Crippen LogP contribution in [0.15, 0.2) is 6.20 Å². The third-order valence-electron chi connectivity index (χ3n) is 4.57. The second-order valence-corrected chi connectivity index (χ2v) is 6.10. The van der Waals surface area contributed by atoms with Crippen molar-refractivity contribution in [2.75, 3.05) is 32.0 Å². The highest BCUT2D eigenvalue weighted by molar-refractivity contribution is 5.92. The van der Waals surface area contributed by atoms with Crippen molar-refractivity contribution < 1.29 is 4.79 Å². The van der Waals surface area contributed by atoms with Crippen molar-refractivity contribution in [1.82, 2.24) is 19.8 Å². The van der Waals surface area contributed by atoms with Gasteiger partial charge in [0.2, 0.25) is 5.95 Å². The topological polar surface area (TPSA) is 62.2 Å². The van der Waals surface area contributed by atoms with Crippen LogP contribution in [0.2, 0.25) is 0 Å². The van der Waals surface area contributed by atoms with E-state index in [4.69, 9.17) is 0 Å². The Labute approximate surface area is 125 Å². The number of hydrogen-bond donors (Lipinski definition) is 2. The molecule has 1 amide bonds. The summed E-state index contributed by atoms with van der Waals surface area (Å²) in [5.41, 5.74) is 0.517. The van der Waals surface area contributed by atoms with Crippen LogP contribution in [-0.4, -0.2) is 53.1 Å². The summed E-state index contributed by atoms with van der Waals surface area (Å²) >= 11 is 0. The molecule has 0 saturated heterocycles. The predicted octanol–water partition coefficient (Wildman–Crippen LogP) is 1.30. The number of amides is 1. The number of carbonyl (C=O) groups excluding carboxylic acids is 1. The molecule has 0 bridgehead atoms. The monoisotopic (exact) mass is 291 g/mol. The summed E-state index contributed by atoms with van der Waals surface area (Å²) in [5, 5.41) is 6.19. The van der Waals surface area contributed by atoms with Crippen molar-refractivity contribution in [3.63, 3.8) is 0 Å². The number of hydrogen-bond acceptors (Lipinski definition) is 4. The van der Waals surface area contributed by atoms with Crippen LogP contribution in [0.1, 0.15) is 42.6 Å². The lowest BCUT2D eigenvalue weighted by molar-refractivity contribution is 0.0942. The number of nitrogens with one attached hydrogen (secondary N) is 2. The number of rotatable bonds is 5. The van der Waals surface area contributed by atoms with Gasteiger partial charge in [-0.15, -0.1) is 0 Å². The smallest absolute Gasteiger partial charge is 0.271 e. The molecular formula is C15H25N5O. The maximum Gasteiger partial charge on any atom is 0.271 e. The van der Waals surface area contributed by atoms with Crippen LogP contribution in [0.4, 0.5) is 5.95 Å². The molecule has 2 N–H and O–H groups in total. The standard InChI is InChI=1S/C15H25N5O/c1-19(12-5-2-3-6-12)10-8-16-14(21)13-11-20-9-4-7-17-15(20)18-13/h11-12H,2-10H2,1H3,(H,16,21)(H,17,18). The molecule has 3 rings (SSSR count). The molecule has 0 aromatic carbocycles. The van der Waals surface area contributed by atoms with Gasteiger partial charge in [-0.05, 0) is 26.3 Å². The predicted molar refractivity (Wildman–Crippen MR) is 82.6 cm³/mol. The molecule has 1 saturated carbocycles. The minimum atomic E-state index is -0.0708. The Bertz CT molecular complexity index is 469. The summed E-state index contributed by atoms with van der Waals surface area (Å²) in [7, 11) is 2.15. The highest BCUT2D eigenvalue weighted by Gasteiger charge is 2.20. The van der Waals surface area contributed by atoms with E-state index in [1.165, 1.54) is 25.7 Å². The first-order valence-electron chi connectivity index (χ1n) is 8.03. The van der Waals surface area contributed by atoms with Crippen LogP contribution in [0.3, 0.4) is 0 Å². The largest absolute Gasteiger partial charge is 0.356 e. The zero-order chi connectivity index (χ0) is 14.7. The Hall–Kier alpha value is -1.56. The molecule has 116 valence electrons. The van der Waals surface area contributed by atoms with Crippen LogP contribution in [0, 0.1) is 0 Å². The van der Waals surface area contributed by atoms with Crippen molar-refractivity contribution >= 4 is 11.9 Å². The number of carbonyl (C=O) groups is 1. The van der Waals surface area contributed by atoms with Crippen LogP contribution in [-0.2, 0) is 6.54 Å². The van der Waals surface area contributed by atoms with Gasteiger partial charge < -0.3 is 20.1 Å². The van der Waals surface area contributed by atoms with E-state index in [0.717, 1.165) is 32.0 Å². The van der Waals surface area contributed by atoms with Crippen LogP contribution < -0.4 is 10.6 Å². The molecule has 1 fully saturated rings. The summed E-state index contributed by atoms with van der Waals surface area (Å²) in [6.07, 6.45) is 8.20. The molecule has 2 heterocycles. The van der Waals surface area contributed by atoms with E-state index in [1.807, 2.05) is 10.8 Å². The molecule has 0 atom stereocenters. The number of likely N-dealkylation sites (N-methyl/N-ethyl adjacent to an activating group) is 1. The molecular weight excluding hydrogens is 266 g/mol. The zero-order valence-corrected chi connectivity index (χ0v) is 12.8. The Morgan fingerprint density at radius 3 is 3.05 bits per heavy atom. The summed E-state index contributed by atoms with van der Waals surface area (Å²) in [4.78, 5) is 18.9. The van der Waals surface area contributed by atoms with E-state index in [0.29, 0.717) is 18.3 Å². The van der Waals surface area contributed by atoms with E-state index in [-0.39, 0.29) is 5.91 Å². The fourth-order valence-corrected chi connectivity index (χ4v) is 3.25. The van der Waals surface area contributed by atoms with Gasteiger partial charge in [0.25, 0.3) is 5.91 Å². The molecule has 1 aliphatic carbocycles. The number of fused-ring (bicyclic) bond motifs is 1. The van der Waals surface area contributed by atoms with Gasteiger partial charge in [0, 0.05) is 38.4 Å². The summed E-state index contributed by atoms with van der Waals surface area (Å²) in [6.45, 7) is 3.46. The highest BCUT2D eigenvalue weighted by Crippen LogP contribution is 2.21. The third-order valence-corrected chi connectivity index (χ3v) is 4.57. The van der Waals surface area contributed by atoms with E-state index in [9.17, 15) is 4.79 Å². The van der Waals surface area contributed by atoms with Crippen molar-refractivity contribution in [2.45, 2.75) is 44.7 Å². The molecule has 0 unspecified atom stereocenters. The van der Waals surface area contributed by atoms with Crippen molar-refractivity contribution in [3.8, 4) is 0 Å². The Kier molecular flexibility index (Phi) is 4.43. The molecule has 1 aromatic heterocycles. The first-order chi connectivity index (χ1) is 10.2. The lowest BCUT2D eigenvalue weighted by atomic mass is 10.2. The van der Waals surface area contributed by atoms with Gasteiger partial charge in [-0.2, -0.15) is 0 Å². The average molecular weight is 291 g/mol. The van der Waals surface area contributed by atoms with Gasteiger partial charge in [0.15, 0.2) is 0 Å². The first-order valence-corrected chi connectivity index (χ1v) is 8.03. The first kappa shape index (κ1) is 14.4. The van der Waals surface area contributed by atoms with Gasteiger partial charge in [-0.25, -0.2) is 4.98 Å². The minimum Gasteiger partial charge on any atom is -0.356 e. The van der Waals surface area contributed by atoms with E-state index in [1.54, 1.807) is 0 Å². The molecule has 6 heteroatoms. The molecule has 1 aliphatic heterocycles. The lowest BCUT2D eigenvalue weighted by Gasteiger charge is -2.23. The van der Waals surface area contributed by atoms with Crippen LogP contribution in [0.5, 0.6) is 0 Å². The molecule has 2 aliphatic rings. The van der Waals surface area contributed by atoms with Crippen LogP contribution in [0.25, 0.3) is 0 Å². The fourth-order valence-electron chi connectivity index (χ4n) is 3.25. The summed E-state index contributed by atoms with van der Waals surface area (Å²) < 4.78 is 2.02.